The maximum absolute atomic E-state index is 13.8. The molecule has 0 aliphatic carbocycles. The van der Waals surface area contributed by atoms with E-state index >= 15 is 0 Å². The number of fused-ring (bicyclic) bond motifs is 2. The van der Waals surface area contributed by atoms with Gasteiger partial charge in [-0.2, -0.15) is 9.61 Å². The fourth-order valence-electron chi connectivity index (χ4n) is 3.25. The van der Waals surface area contributed by atoms with Crippen molar-refractivity contribution in [3.05, 3.63) is 83.2 Å². The maximum atomic E-state index is 13.8. The summed E-state index contributed by atoms with van der Waals surface area (Å²) in [5, 5.41) is 7.82. The third-order valence-corrected chi connectivity index (χ3v) is 5.30. The van der Waals surface area contributed by atoms with Crippen LogP contribution in [-0.4, -0.2) is 31.1 Å². The molecule has 8 heteroatoms. The van der Waals surface area contributed by atoms with Gasteiger partial charge in [0.05, 0.1) is 27.4 Å². The second kappa shape index (κ2) is 8.62. The predicted octanol–water partition coefficient (Wildman–Crippen LogP) is 5.47. The first-order valence-electron chi connectivity index (χ1n) is 9.46. The van der Waals surface area contributed by atoms with E-state index in [0.717, 1.165) is 33.3 Å². The second-order valence-electron chi connectivity index (χ2n) is 6.62. The zero-order valence-electron chi connectivity index (χ0n) is 16.4. The molecule has 0 bridgehead atoms. The fraction of sp³-hybridized carbons (Fsp3) is 0.136. The van der Waals surface area contributed by atoms with Crippen LogP contribution in [0.1, 0.15) is 18.2 Å². The lowest BCUT2D eigenvalue weighted by atomic mass is 10.1. The number of hydrogen-bond acceptors (Lipinski definition) is 4. The normalized spacial score (nSPS) is 12.6. The number of aromatic nitrogens is 5. The Balaban J connectivity index is 1.63. The number of nitrogens with zero attached hydrogens (tertiary/aromatic N) is 4. The summed E-state index contributed by atoms with van der Waals surface area (Å²) >= 11 is 3.49. The summed E-state index contributed by atoms with van der Waals surface area (Å²) < 4.78 is 16.3. The summed E-state index contributed by atoms with van der Waals surface area (Å²) in [6.45, 7) is 5.98. The Labute approximate surface area is 181 Å². The van der Waals surface area contributed by atoms with E-state index in [9.17, 15) is 4.39 Å². The van der Waals surface area contributed by atoms with Crippen LogP contribution in [0.15, 0.2) is 71.9 Å². The highest BCUT2D eigenvalue weighted by atomic mass is 79.9. The minimum atomic E-state index is -0.418. The van der Waals surface area contributed by atoms with Crippen molar-refractivity contribution in [2.45, 2.75) is 13.3 Å². The van der Waals surface area contributed by atoms with Gasteiger partial charge in [0.1, 0.15) is 11.6 Å². The monoisotopic (exact) mass is 466 g/mol. The van der Waals surface area contributed by atoms with Crippen molar-refractivity contribution >= 4 is 44.0 Å². The highest BCUT2D eigenvalue weighted by Crippen LogP contribution is 2.25. The smallest absolute Gasteiger partial charge is 0.172 e. The number of rotatable bonds is 7. The third kappa shape index (κ3) is 3.91. The molecule has 4 aromatic rings. The molecular weight excluding hydrogens is 447 g/mol. The average Bonchev–Trinajstić information content (AvgIpc) is 3.35. The van der Waals surface area contributed by atoms with Gasteiger partial charge in [0.15, 0.2) is 5.65 Å². The van der Waals surface area contributed by atoms with Gasteiger partial charge in [0.25, 0.3) is 0 Å². The topological polar surface area (TPSA) is 70.9 Å². The van der Waals surface area contributed by atoms with Gasteiger partial charge in [0.2, 0.25) is 0 Å². The zero-order valence-corrected chi connectivity index (χ0v) is 17.9. The highest BCUT2D eigenvalue weighted by molar-refractivity contribution is 9.10. The van der Waals surface area contributed by atoms with Gasteiger partial charge in [-0.05, 0) is 64.7 Å². The van der Waals surface area contributed by atoms with Crippen molar-refractivity contribution in [2.75, 3.05) is 11.9 Å². The van der Waals surface area contributed by atoms with Gasteiger partial charge >= 0.3 is 0 Å². The summed E-state index contributed by atoms with van der Waals surface area (Å²) in [7, 11) is 0. The third-order valence-electron chi connectivity index (χ3n) is 4.74. The minimum Gasteiger partial charge on any atom is -0.370 e. The Morgan fingerprint density at radius 1 is 1.43 bits per heavy atom. The van der Waals surface area contributed by atoms with Gasteiger partial charge in [-0.25, -0.2) is 9.37 Å². The van der Waals surface area contributed by atoms with Gasteiger partial charge < -0.3 is 10.3 Å². The Morgan fingerprint density at radius 3 is 3.10 bits per heavy atom. The molecule has 4 heterocycles. The number of nitrogens with one attached hydrogen (secondary N) is 2. The number of hydrogen-bond donors (Lipinski definition) is 2. The van der Waals surface area contributed by atoms with E-state index in [4.69, 9.17) is 0 Å². The van der Waals surface area contributed by atoms with Crippen LogP contribution in [0.5, 0.6) is 0 Å². The quantitative estimate of drug-likeness (QED) is 0.354. The van der Waals surface area contributed by atoms with E-state index in [0.29, 0.717) is 23.5 Å². The molecule has 6 nitrogen and oxygen atoms in total. The molecule has 0 amide bonds. The van der Waals surface area contributed by atoms with Gasteiger partial charge in [-0.1, -0.05) is 12.7 Å². The van der Waals surface area contributed by atoms with Crippen LogP contribution >= 0.6 is 15.9 Å². The SMILES string of the molecule is C=C/C(F)=C\C(=C/C)c1cc(NCCc2c[nH]c3cccnc23)n2ncc(Br)c2n1. The van der Waals surface area contributed by atoms with Crippen LogP contribution in [0.3, 0.4) is 0 Å². The van der Waals surface area contributed by atoms with Crippen LogP contribution in [0.4, 0.5) is 10.2 Å². The van der Waals surface area contributed by atoms with Gasteiger partial charge in [0, 0.05) is 25.0 Å². The van der Waals surface area contributed by atoms with Crippen LogP contribution in [-0.2, 0) is 6.42 Å². The maximum Gasteiger partial charge on any atom is 0.172 e. The number of anilines is 1. The zero-order chi connectivity index (χ0) is 21.1. The van der Waals surface area contributed by atoms with Crippen molar-refractivity contribution in [3.8, 4) is 0 Å². The Bertz CT molecular complexity index is 1280. The number of H-pyrrole nitrogens is 1. The van der Waals surface area contributed by atoms with Crippen LogP contribution in [0, 0.1) is 0 Å². The van der Waals surface area contributed by atoms with Crippen LogP contribution < -0.4 is 5.32 Å². The lowest BCUT2D eigenvalue weighted by Crippen LogP contribution is -2.10. The number of aromatic amines is 1. The molecule has 0 saturated heterocycles. The summed E-state index contributed by atoms with van der Waals surface area (Å²) in [4.78, 5) is 12.3. The first kappa shape index (κ1) is 20.0. The molecule has 0 fully saturated rings. The summed E-state index contributed by atoms with van der Waals surface area (Å²) in [5.41, 5.74) is 5.08. The lowest BCUT2D eigenvalue weighted by molar-refractivity contribution is 0.668. The van der Waals surface area contributed by atoms with E-state index in [1.54, 1.807) is 16.9 Å². The molecule has 4 rings (SSSR count). The molecule has 0 radical (unpaired) electrons. The number of allylic oxidation sites excluding steroid dienone is 5. The molecule has 2 N–H and O–H groups in total. The number of halogens is 2. The molecule has 0 spiro atoms. The summed E-state index contributed by atoms with van der Waals surface area (Å²) in [5.74, 6) is 0.346. The molecule has 0 saturated carbocycles. The van der Waals surface area contributed by atoms with Gasteiger partial charge in [-0.15, -0.1) is 0 Å². The van der Waals surface area contributed by atoms with Crippen molar-refractivity contribution in [2.24, 2.45) is 0 Å². The molecule has 0 atom stereocenters. The van der Waals surface area contributed by atoms with E-state index < -0.39 is 5.83 Å². The van der Waals surface area contributed by atoms with Crippen molar-refractivity contribution in [3.63, 3.8) is 0 Å². The fourth-order valence-corrected chi connectivity index (χ4v) is 3.60. The summed E-state index contributed by atoms with van der Waals surface area (Å²) in [6, 6.07) is 5.78. The average molecular weight is 467 g/mol. The standard InChI is InChI=1S/C22H20BrFN6/c1-3-14(10-16(24)4-2)19-11-20(30-22(29-19)17(23)13-28-30)25-9-7-15-12-27-18-6-5-8-26-21(15)18/h3-6,8,10-13,25,27H,2,7,9H2,1H3/b14-3+,16-10+. The molecule has 152 valence electrons. The Hall–Kier alpha value is -3.26. The first-order valence-corrected chi connectivity index (χ1v) is 10.3. The molecular formula is C22H20BrFN6. The highest BCUT2D eigenvalue weighted by Gasteiger charge is 2.12. The second-order valence-corrected chi connectivity index (χ2v) is 7.48. The van der Waals surface area contributed by atoms with Crippen molar-refractivity contribution in [1.29, 1.82) is 0 Å². The first-order chi connectivity index (χ1) is 14.6. The van der Waals surface area contributed by atoms with E-state index in [1.807, 2.05) is 37.4 Å². The Kier molecular flexibility index (Phi) is 5.76. The molecule has 0 unspecified atom stereocenters. The molecule has 0 aromatic carbocycles. The van der Waals surface area contributed by atoms with Crippen molar-refractivity contribution in [1.82, 2.24) is 24.6 Å². The van der Waals surface area contributed by atoms with Crippen LogP contribution in [0.25, 0.3) is 22.3 Å². The number of pyridine rings is 1. The van der Waals surface area contributed by atoms with Crippen LogP contribution in [0.2, 0.25) is 0 Å². The van der Waals surface area contributed by atoms with Crippen molar-refractivity contribution < 1.29 is 4.39 Å². The molecule has 0 aliphatic heterocycles. The molecule has 4 aromatic heterocycles. The lowest BCUT2D eigenvalue weighted by Gasteiger charge is -2.11. The van der Waals surface area contributed by atoms with E-state index in [-0.39, 0.29) is 0 Å². The van der Waals surface area contributed by atoms with E-state index in [2.05, 4.69) is 47.9 Å². The predicted molar refractivity (Wildman–Crippen MR) is 122 cm³/mol. The Morgan fingerprint density at radius 2 is 2.30 bits per heavy atom. The molecule has 0 aliphatic rings. The summed E-state index contributed by atoms with van der Waals surface area (Å²) in [6.07, 6.45) is 10.6. The molecule has 30 heavy (non-hydrogen) atoms. The van der Waals surface area contributed by atoms with Gasteiger partial charge in [-0.3, -0.25) is 4.98 Å². The van der Waals surface area contributed by atoms with E-state index in [1.165, 1.54) is 12.2 Å². The minimum absolute atomic E-state index is 0.418. The largest absolute Gasteiger partial charge is 0.370 e.